The zero-order valence-corrected chi connectivity index (χ0v) is 24.1. The molecule has 1 aromatic heterocycles. The number of hydrogen-bond acceptors (Lipinski definition) is 7. The number of rotatable bonds is 8. The zero-order chi connectivity index (χ0) is 28.6. The number of aromatic nitrogens is 1. The van der Waals surface area contributed by atoms with Gasteiger partial charge in [-0.25, -0.2) is 4.98 Å². The highest BCUT2D eigenvalue weighted by Gasteiger charge is 2.48. The predicted octanol–water partition coefficient (Wildman–Crippen LogP) is 7.04. The van der Waals surface area contributed by atoms with Crippen molar-refractivity contribution in [3.63, 3.8) is 0 Å². The van der Waals surface area contributed by atoms with Crippen LogP contribution in [0.4, 0.5) is 5.13 Å². The van der Waals surface area contributed by atoms with E-state index in [4.69, 9.17) is 14.5 Å². The first-order chi connectivity index (χ1) is 19.2. The number of carbonyl (C=O) groups is 2. The molecule has 1 saturated heterocycles. The molecular formula is C32H32N2O5S. The number of carbonyl (C=O) groups excluding carboxylic acids is 2. The number of benzene rings is 3. The predicted molar refractivity (Wildman–Crippen MR) is 158 cm³/mol. The van der Waals surface area contributed by atoms with E-state index < -0.39 is 17.7 Å². The second-order valence-electron chi connectivity index (χ2n) is 9.95. The standard InChI is InChI=1S/C32H32N2O5S/c1-6-14-39-23-13-12-22(17-24(23)38-7-2)28-26(29(35)21-10-8-18(3)9-11-21)30(36)31(37)34(28)32-33-27-20(5)15-19(4)16-25(27)40-32/h8-13,15-17,28,35H,6-7,14H2,1-5H3. The fourth-order valence-corrected chi connectivity index (χ4v) is 6.14. The Bertz CT molecular complexity index is 1640. The van der Waals surface area contributed by atoms with Crippen molar-refractivity contribution in [2.24, 2.45) is 0 Å². The number of Topliss-reactive ketones (excluding diaryl/α,β-unsaturated/α-hetero) is 1. The van der Waals surface area contributed by atoms with Gasteiger partial charge in [0, 0.05) is 5.56 Å². The molecule has 1 amide bonds. The van der Waals surface area contributed by atoms with E-state index in [1.165, 1.54) is 16.2 Å². The Morgan fingerprint density at radius 3 is 2.40 bits per heavy atom. The minimum atomic E-state index is -0.914. The van der Waals surface area contributed by atoms with Gasteiger partial charge in [-0.3, -0.25) is 14.5 Å². The molecule has 0 spiro atoms. The Kier molecular flexibility index (Phi) is 7.63. The van der Waals surface area contributed by atoms with Crippen molar-refractivity contribution in [1.82, 2.24) is 4.98 Å². The number of hydrogen-bond donors (Lipinski definition) is 1. The van der Waals surface area contributed by atoms with Crippen LogP contribution >= 0.6 is 11.3 Å². The first-order valence-corrected chi connectivity index (χ1v) is 14.2. The fourth-order valence-electron chi connectivity index (χ4n) is 4.97. The van der Waals surface area contributed by atoms with Crippen molar-refractivity contribution in [2.45, 2.75) is 47.1 Å². The van der Waals surface area contributed by atoms with Crippen LogP contribution in [0.25, 0.3) is 16.0 Å². The highest BCUT2D eigenvalue weighted by atomic mass is 32.1. The molecule has 206 valence electrons. The molecule has 1 unspecified atom stereocenters. The van der Waals surface area contributed by atoms with Crippen molar-refractivity contribution in [1.29, 1.82) is 0 Å². The molecule has 1 N–H and O–H groups in total. The molecule has 0 radical (unpaired) electrons. The highest BCUT2D eigenvalue weighted by Crippen LogP contribution is 2.46. The van der Waals surface area contributed by atoms with Gasteiger partial charge in [0.25, 0.3) is 5.78 Å². The van der Waals surface area contributed by atoms with Crippen molar-refractivity contribution >= 4 is 44.1 Å². The summed E-state index contributed by atoms with van der Waals surface area (Å²) in [6, 6.07) is 15.7. The monoisotopic (exact) mass is 556 g/mol. The molecule has 7 nitrogen and oxygen atoms in total. The first kappa shape index (κ1) is 27.4. The molecule has 1 aliphatic rings. The van der Waals surface area contributed by atoms with E-state index in [2.05, 4.69) is 0 Å². The third-order valence-electron chi connectivity index (χ3n) is 6.84. The van der Waals surface area contributed by atoms with Crippen LogP contribution in [0.5, 0.6) is 11.5 Å². The maximum atomic E-state index is 13.7. The lowest BCUT2D eigenvalue weighted by atomic mass is 9.95. The van der Waals surface area contributed by atoms with Crippen molar-refractivity contribution in [3.8, 4) is 11.5 Å². The summed E-state index contributed by atoms with van der Waals surface area (Å²) in [6.07, 6.45) is 0.834. The molecular weight excluding hydrogens is 524 g/mol. The molecule has 5 rings (SSSR count). The average Bonchev–Trinajstić information content (AvgIpc) is 3.46. The summed E-state index contributed by atoms with van der Waals surface area (Å²) < 4.78 is 12.7. The molecule has 3 aromatic carbocycles. The molecule has 1 aliphatic heterocycles. The number of aliphatic hydroxyl groups excluding tert-OH is 1. The number of aryl methyl sites for hydroxylation is 3. The van der Waals surface area contributed by atoms with E-state index in [1.54, 1.807) is 24.3 Å². The smallest absolute Gasteiger partial charge is 0.301 e. The summed E-state index contributed by atoms with van der Waals surface area (Å²) in [5.41, 5.74) is 4.93. The second-order valence-corrected chi connectivity index (χ2v) is 11.0. The summed E-state index contributed by atoms with van der Waals surface area (Å²) in [5.74, 6) is -0.654. The number of anilines is 1. The molecule has 1 fully saturated rings. The van der Waals surface area contributed by atoms with Gasteiger partial charge in [0.05, 0.1) is 35.0 Å². The van der Waals surface area contributed by atoms with E-state index in [0.717, 1.165) is 33.3 Å². The van der Waals surface area contributed by atoms with Gasteiger partial charge in [0.15, 0.2) is 16.6 Å². The van der Waals surface area contributed by atoms with Crippen LogP contribution in [0.3, 0.4) is 0 Å². The van der Waals surface area contributed by atoms with Crippen LogP contribution in [0.1, 0.15) is 54.1 Å². The summed E-state index contributed by atoms with van der Waals surface area (Å²) in [7, 11) is 0. The fraction of sp³-hybridized carbons (Fsp3) is 0.281. The van der Waals surface area contributed by atoms with Crippen molar-refractivity contribution in [3.05, 3.63) is 88.0 Å². The molecule has 8 heteroatoms. The van der Waals surface area contributed by atoms with Crippen LogP contribution in [-0.4, -0.2) is 35.0 Å². The van der Waals surface area contributed by atoms with E-state index in [-0.39, 0.29) is 11.3 Å². The van der Waals surface area contributed by atoms with E-state index in [1.807, 2.05) is 65.0 Å². The summed E-state index contributed by atoms with van der Waals surface area (Å²) in [4.78, 5) is 33.5. The summed E-state index contributed by atoms with van der Waals surface area (Å²) in [5, 5.41) is 11.9. The quantitative estimate of drug-likeness (QED) is 0.142. The normalized spacial score (nSPS) is 16.6. The molecule has 40 heavy (non-hydrogen) atoms. The van der Waals surface area contributed by atoms with Gasteiger partial charge in [-0.15, -0.1) is 0 Å². The van der Waals surface area contributed by atoms with Gasteiger partial charge >= 0.3 is 5.91 Å². The van der Waals surface area contributed by atoms with Crippen LogP contribution in [0.2, 0.25) is 0 Å². The van der Waals surface area contributed by atoms with Crippen LogP contribution in [0, 0.1) is 20.8 Å². The lowest BCUT2D eigenvalue weighted by Gasteiger charge is -2.24. The van der Waals surface area contributed by atoms with Gasteiger partial charge in [-0.05, 0) is 69.0 Å². The average molecular weight is 557 g/mol. The second kappa shape index (κ2) is 11.1. The Hall–Kier alpha value is -4.17. The van der Waals surface area contributed by atoms with Gasteiger partial charge < -0.3 is 14.6 Å². The molecule has 2 heterocycles. The Morgan fingerprint density at radius 1 is 0.950 bits per heavy atom. The lowest BCUT2D eigenvalue weighted by molar-refractivity contribution is -0.132. The number of ether oxygens (including phenoxy) is 2. The number of amides is 1. The maximum absolute atomic E-state index is 13.7. The summed E-state index contributed by atoms with van der Waals surface area (Å²) >= 11 is 1.35. The number of thiazole rings is 1. The van der Waals surface area contributed by atoms with Gasteiger partial charge in [0.2, 0.25) is 0 Å². The minimum absolute atomic E-state index is 0.00527. The van der Waals surface area contributed by atoms with E-state index in [0.29, 0.717) is 41.0 Å². The highest BCUT2D eigenvalue weighted by molar-refractivity contribution is 7.22. The topological polar surface area (TPSA) is 89.0 Å². The zero-order valence-electron chi connectivity index (χ0n) is 23.3. The third-order valence-corrected chi connectivity index (χ3v) is 7.84. The molecule has 0 bridgehead atoms. The van der Waals surface area contributed by atoms with Crippen LogP contribution in [0.15, 0.2) is 60.2 Å². The van der Waals surface area contributed by atoms with Gasteiger partial charge in [0.1, 0.15) is 5.76 Å². The molecule has 4 aromatic rings. The number of aliphatic hydroxyl groups is 1. The van der Waals surface area contributed by atoms with Crippen LogP contribution < -0.4 is 14.4 Å². The Balaban J connectivity index is 1.73. The van der Waals surface area contributed by atoms with Crippen LogP contribution in [-0.2, 0) is 9.59 Å². The van der Waals surface area contributed by atoms with Gasteiger partial charge in [-0.2, -0.15) is 0 Å². The van der Waals surface area contributed by atoms with E-state index >= 15 is 0 Å². The largest absolute Gasteiger partial charge is 0.507 e. The lowest BCUT2D eigenvalue weighted by Crippen LogP contribution is -2.29. The molecule has 1 atom stereocenters. The minimum Gasteiger partial charge on any atom is -0.507 e. The molecule has 0 saturated carbocycles. The number of ketones is 1. The van der Waals surface area contributed by atoms with Gasteiger partial charge in [-0.1, -0.05) is 60.2 Å². The number of nitrogens with zero attached hydrogens (tertiary/aromatic N) is 2. The van der Waals surface area contributed by atoms with E-state index in [9.17, 15) is 14.7 Å². The SMILES string of the molecule is CCCOc1ccc(C2C(=C(O)c3ccc(C)cc3)C(=O)C(=O)N2c2nc3c(C)cc(C)cc3s2)cc1OCC. The Morgan fingerprint density at radius 2 is 1.70 bits per heavy atom. The van der Waals surface area contributed by atoms with Crippen molar-refractivity contribution in [2.75, 3.05) is 18.1 Å². The number of fused-ring (bicyclic) bond motifs is 1. The maximum Gasteiger partial charge on any atom is 0.301 e. The van der Waals surface area contributed by atoms with Crippen molar-refractivity contribution < 1.29 is 24.2 Å². The Labute approximate surface area is 237 Å². The molecule has 0 aliphatic carbocycles. The third kappa shape index (κ3) is 4.95. The first-order valence-electron chi connectivity index (χ1n) is 13.4. The summed E-state index contributed by atoms with van der Waals surface area (Å²) in [6.45, 7) is 10.8.